The van der Waals surface area contributed by atoms with Crippen LogP contribution < -0.4 is 0 Å². The van der Waals surface area contributed by atoms with Crippen molar-refractivity contribution in [2.24, 2.45) is 10.2 Å². The van der Waals surface area contributed by atoms with E-state index in [-0.39, 0.29) is 24.9 Å². The van der Waals surface area contributed by atoms with E-state index in [4.69, 9.17) is 4.84 Å². The van der Waals surface area contributed by atoms with Gasteiger partial charge in [-0.15, -0.1) is 5.06 Å². The molecule has 23 heavy (non-hydrogen) atoms. The third-order valence-electron chi connectivity index (χ3n) is 3.95. The second kappa shape index (κ2) is 6.46. The smallest absolute Gasteiger partial charge is 0.330 e. The molecule has 1 saturated heterocycles. The van der Waals surface area contributed by atoms with Gasteiger partial charge in [0.25, 0.3) is 11.8 Å². The third kappa shape index (κ3) is 4.66. The van der Waals surface area contributed by atoms with Gasteiger partial charge in [0.2, 0.25) is 0 Å². The summed E-state index contributed by atoms with van der Waals surface area (Å²) in [4.78, 5) is 39.3. The summed E-state index contributed by atoms with van der Waals surface area (Å²) in [7, 11) is -1.15. The number of nitrogens with zero attached hydrogens (tertiary/aromatic N) is 3. The van der Waals surface area contributed by atoms with Crippen molar-refractivity contribution in [1.82, 2.24) is 5.06 Å². The monoisotopic (exact) mass is 343 g/mol. The Hall–Kier alpha value is -1.64. The first kappa shape index (κ1) is 17.7. The highest BCUT2D eigenvalue weighted by Crippen LogP contribution is 2.32. The fraction of sp³-hybridized carbons (Fsp3) is 0.786. The normalized spacial score (nSPS) is 20.7. The van der Waals surface area contributed by atoms with Crippen LogP contribution >= 0.6 is 0 Å². The lowest BCUT2D eigenvalue weighted by Crippen LogP contribution is -2.34. The average molecular weight is 343 g/mol. The molecule has 8 nitrogen and oxygen atoms in total. The van der Waals surface area contributed by atoms with Crippen LogP contribution in [0.4, 0.5) is 0 Å². The lowest BCUT2D eigenvalue weighted by molar-refractivity contribution is -0.197. The summed E-state index contributed by atoms with van der Waals surface area (Å²) in [6, 6.07) is 0. The molecule has 2 heterocycles. The van der Waals surface area contributed by atoms with Crippen LogP contribution in [0.5, 0.6) is 0 Å². The van der Waals surface area contributed by atoms with Gasteiger partial charge < -0.3 is 4.84 Å². The summed E-state index contributed by atoms with van der Waals surface area (Å²) >= 11 is 0. The van der Waals surface area contributed by atoms with Gasteiger partial charge in [-0.1, -0.05) is 0 Å². The molecule has 0 spiro atoms. The van der Waals surface area contributed by atoms with Crippen molar-refractivity contribution >= 4 is 28.6 Å². The maximum absolute atomic E-state index is 12.4. The molecule has 0 radical (unpaired) electrons. The molecule has 2 rings (SSSR count). The fourth-order valence-electron chi connectivity index (χ4n) is 2.07. The molecule has 2 aliphatic rings. The number of amides is 2. The van der Waals surface area contributed by atoms with E-state index in [1.165, 1.54) is 0 Å². The van der Waals surface area contributed by atoms with Crippen molar-refractivity contribution in [3.05, 3.63) is 0 Å². The molecule has 0 N–H and O–H groups in total. The van der Waals surface area contributed by atoms with Gasteiger partial charge in [0, 0.05) is 47.0 Å². The zero-order valence-corrected chi connectivity index (χ0v) is 14.4. The Bertz CT molecular complexity index is 565. The summed E-state index contributed by atoms with van der Waals surface area (Å²) < 4.78 is 11.8. The van der Waals surface area contributed by atoms with Crippen molar-refractivity contribution in [1.29, 1.82) is 0 Å². The lowest BCUT2D eigenvalue weighted by atomic mass is 10.1. The van der Waals surface area contributed by atoms with Crippen LogP contribution in [0.25, 0.3) is 0 Å². The quantitative estimate of drug-likeness (QED) is 0.621. The number of hydrogen-bond donors (Lipinski definition) is 0. The Balaban J connectivity index is 1.76. The second-order valence-electron chi connectivity index (χ2n) is 6.52. The van der Waals surface area contributed by atoms with Crippen molar-refractivity contribution < 1.29 is 23.4 Å². The zero-order chi connectivity index (χ0) is 17.3. The van der Waals surface area contributed by atoms with E-state index in [2.05, 4.69) is 10.2 Å². The molecule has 0 aromatic rings. The van der Waals surface area contributed by atoms with Crippen molar-refractivity contribution in [2.75, 3.05) is 5.75 Å². The van der Waals surface area contributed by atoms with Crippen LogP contribution in [0.2, 0.25) is 0 Å². The van der Waals surface area contributed by atoms with Crippen LogP contribution in [0, 0.1) is 0 Å². The Labute approximate surface area is 137 Å². The summed E-state index contributed by atoms with van der Waals surface area (Å²) in [5.41, 5.74) is -0.388. The number of hydrogen-bond acceptors (Lipinski definition) is 7. The standard InChI is InChI=1S/C14H21N3O5S/c1-13(2,23(21)9-8-14(3)15-16-14)7-6-12(20)22-17-10(18)4-5-11(17)19/h4-9H2,1-3H3. The van der Waals surface area contributed by atoms with Crippen molar-refractivity contribution in [2.45, 2.75) is 63.3 Å². The van der Waals surface area contributed by atoms with Gasteiger partial charge >= 0.3 is 5.97 Å². The molecule has 0 aromatic carbocycles. The first-order chi connectivity index (χ1) is 10.6. The number of carbonyl (C=O) groups is 3. The van der Waals surface area contributed by atoms with Crippen molar-refractivity contribution in [3.8, 4) is 0 Å². The summed E-state index contributed by atoms with van der Waals surface area (Å²) in [5, 5.41) is 8.29. The predicted octanol–water partition coefficient (Wildman–Crippen LogP) is 1.47. The SMILES string of the molecule is CC1(CCS(=O)C(C)(C)CCC(=O)ON2C(=O)CCC2=O)N=N1. The van der Waals surface area contributed by atoms with Crippen LogP contribution in [-0.4, -0.2) is 43.2 Å². The van der Waals surface area contributed by atoms with E-state index < -0.39 is 33.3 Å². The maximum atomic E-state index is 12.4. The molecule has 1 fully saturated rings. The molecule has 9 heteroatoms. The zero-order valence-electron chi connectivity index (χ0n) is 13.5. The van der Waals surface area contributed by atoms with E-state index in [0.717, 1.165) is 0 Å². The minimum Gasteiger partial charge on any atom is -0.330 e. The Morgan fingerprint density at radius 2 is 1.87 bits per heavy atom. The molecule has 2 amide bonds. The minimum atomic E-state index is -1.15. The van der Waals surface area contributed by atoms with Gasteiger partial charge in [-0.25, -0.2) is 4.79 Å². The van der Waals surface area contributed by atoms with Crippen molar-refractivity contribution in [3.63, 3.8) is 0 Å². The van der Waals surface area contributed by atoms with Crippen LogP contribution in [0.3, 0.4) is 0 Å². The van der Waals surface area contributed by atoms with Gasteiger partial charge in [-0.2, -0.15) is 10.2 Å². The fourth-order valence-corrected chi connectivity index (χ4v) is 3.52. The van der Waals surface area contributed by atoms with Crippen LogP contribution in [0.15, 0.2) is 10.2 Å². The number of rotatable bonds is 8. The van der Waals surface area contributed by atoms with Crippen LogP contribution in [0.1, 0.15) is 52.9 Å². The highest BCUT2D eigenvalue weighted by molar-refractivity contribution is 7.86. The highest BCUT2D eigenvalue weighted by atomic mass is 32.2. The second-order valence-corrected chi connectivity index (χ2v) is 8.73. The molecule has 0 saturated carbocycles. The van der Waals surface area contributed by atoms with Gasteiger partial charge in [-0.05, 0) is 27.2 Å². The summed E-state index contributed by atoms with van der Waals surface area (Å²) in [6.07, 6.45) is 1.07. The van der Waals surface area contributed by atoms with E-state index in [0.29, 0.717) is 23.7 Å². The number of hydroxylamine groups is 2. The van der Waals surface area contributed by atoms with E-state index in [1.807, 2.05) is 20.8 Å². The molecule has 2 aliphatic heterocycles. The molecular formula is C14H21N3O5S. The van der Waals surface area contributed by atoms with E-state index >= 15 is 0 Å². The molecule has 0 aromatic heterocycles. The topological polar surface area (TPSA) is 105 Å². The first-order valence-electron chi connectivity index (χ1n) is 7.52. The van der Waals surface area contributed by atoms with Crippen LogP contribution in [-0.2, 0) is 30.0 Å². The largest absolute Gasteiger partial charge is 0.333 e. The Kier molecular flexibility index (Phi) is 4.98. The summed E-state index contributed by atoms with van der Waals surface area (Å²) in [6.45, 7) is 5.50. The average Bonchev–Trinajstić information content (AvgIpc) is 3.15. The summed E-state index contributed by atoms with van der Waals surface area (Å²) in [5.74, 6) is -1.22. The molecule has 0 aliphatic carbocycles. The Morgan fingerprint density at radius 3 is 2.39 bits per heavy atom. The lowest BCUT2D eigenvalue weighted by Gasteiger charge is -2.24. The highest BCUT2D eigenvalue weighted by Gasteiger charge is 2.37. The van der Waals surface area contributed by atoms with Gasteiger partial charge in [0.05, 0.1) is 0 Å². The molecule has 1 atom stereocenters. The predicted molar refractivity (Wildman–Crippen MR) is 81.4 cm³/mol. The number of imide groups is 1. The van der Waals surface area contributed by atoms with E-state index in [9.17, 15) is 18.6 Å². The van der Waals surface area contributed by atoms with Gasteiger partial charge in [0.1, 0.15) is 0 Å². The van der Waals surface area contributed by atoms with Gasteiger partial charge in [0.15, 0.2) is 5.66 Å². The molecule has 1 unspecified atom stereocenters. The maximum Gasteiger partial charge on any atom is 0.333 e. The third-order valence-corrected chi connectivity index (χ3v) is 5.96. The first-order valence-corrected chi connectivity index (χ1v) is 8.84. The number of carbonyl (C=O) groups excluding carboxylic acids is 3. The molecule has 128 valence electrons. The van der Waals surface area contributed by atoms with Gasteiger partial charge in [-0.3, -0.25) is 13.8 Å². The Morgan fingerprint density at radius 1 is 1.30 bits per heavy atom. The molecule has 0 bridgehead atoms. The van der Waals surface area contributed by atoms with E-state index in [1.54, 1.807) is 0 Å². The molecular weight excluding hydrogens is 322 g/mol. The minimum absolute atomic E-state index is 0.0121.